The van der Waals surface area contributed by atoms with Gasteiger partial charge in [-0.15, -0.1) is 0 Å². The van der Waals surface area contributed by atoms with Crippen LogP contribution in [-0.2, 0) is 0 Å². The topological polar surface area (TPSA) is 11.4 Å². The first-order valence-corrected chi connectivity index (χ1v) is 24.7. The first kappa shape index (κ1) is 41.2. The molecule has 0 atom stereocenters. The Hall–Kier alpha value is -8.83. The van der Waals surface area contributed by atoms with Crippen LogP contribution in [0.25, 0.3) is 72.0 Å². The van der Waals surface area contributed by atoms with Gasteiger partial charge >= 0.3 is 0 Å². The van der Waals surface area contributed by atoms with Gasteiger partial charge in [0.15, 0.2) is 0 Å². The van der Waals surface area contributed by atoms with E-state index in [0.29, 0.717) is 5.02 Å². The summed E-state index contributed by atoms with van der Waals surface area (Å²) in [5.41, 5.74) is 22.8. The molecule has 0 saturated carbocycles. The van der Waals surface area contributed by atoms with Gasteiger partial charge in [0.1, 0.15) is 0 Å². The Morgan fingerprint density at radius 1 is 0.282 bits per heavy atom. The largest absolute Gasteiger partial charge is 0.311 e. The molecule has 0 N–H and O–H groups in total. The molecule has 0 spiro atoms. The van der Waals surface area contributed by atoms with Gasteiger partial charge in [0, 0.05) is 55.2 Å². The Morgan fingerprint density at radius 3 is 1.27 bits per heavy atom. The van der Waals surface area contributed by atoms with Crippen molar-refractivity contribution in [3.63, 3.8) is 0 Å². The Kier molecular flexibility index (Phi) is 9.68. The van der Waals surface area contributed by atoms with E-state index in [1.165, 1.54) is 38.3 Å². The molecule has 0 fully saturated rings. The van der Waals surface area contributed by atoms with Gasteiger partial charge in [-0.25, -0.2) is 0 Å². The van der Waals surface area contributed by atoms with Crippen LogP contribution in [0, 0.1) is 0 Å². The second kappa shape index (κ2) is 16.7. The molecular formula is C66H43BClN3. The molecule has 2 aliphatic heterocycles. The molecule has 332 valence electrons. The lowest BCUT2D eigenvalue weighted by atomic mass is 9.33. The smallest absolute Gasteiger partial charge is 0.252 e. The van der Waals surface area contributed by atoms with Crippen LogP contribution in [-0.4, -0.2) is 11.3 Å². The van der Waals surface area contributed by atoms with E-state index < -0.39 is 0 Å². The van der Waals surface area contributed by atoms with Crippen LogP contribution in [0.3, 0.4) is 0 Å². The minimum absolute atomic E-state index is 0.180. The van der Waals surface area contributed by atoms with E-state index in [1.54, 1.807) is 0 Å². The van der Waals surface area contributed by atoms with E-state index in [1.807, 2.05) is 0 Å². The summed E-state index contributed by atoms with van der Waals surface area (Å²) in [6.07, 6.45) is 0. The van der Waals surface area contributed by atoms with Gasteiger partial charge in [0.25, 0.3) is 6.71 Å². The van der Waals surface area contributed by atoms with Crippen molar-refractivity contribution < 1.29 is 0 Å². The third kappa shape index (κ3) is 6.60. The van der Waals surface area contributed by atoms with Crippen molar-refractivity contribution in [1.82, 2.24) is 4.57 Å². The minimum Gasteiger partial charge on any atom is -0.311 e. The van der Waals surface area contributed by atoms with E-state index in [0.717, 1.165) is 84.2 Å². The summed E-state index contributed by atoms with van der Waals surface area (Å²) in [5.74, 6) is 0. The van der Waals surface area contributed by atoms with Crippen molar-refractivity contribution in [1.29, 1.82) is 0 Å². The SMILES string of the molecule is Clc1cc2c3c(c1)N(c1ccccc1-c1ccccc1)c1cc(-n4c5ccccc5c5ccccc54)c(-c4ccccc4)cc1B3c1cc(-c3ccccc3)ccc1N2c1ccccc1-c1ccccc1. The highest BCUT2D eigenvalue weighted by atomic mass is 35.5. The predicted octanol–water partition coefficient (Wildman–Crippen LogP) is 16.2. The molecule has 14 rings (SSSR count). The molecule has 12 aromatic rings. The lowest BCUT2D eigenvalue weighted by Gasteiger charge is -2.45. The van der Waals surface area contributed by atoms with E-state index in [2.05, 4.69) is 275 Å². The van der Waals surface area contributed by atoms with Crippen molar-refractivity contribution >= 4 is 90.6 Å². The third-order valence-corrected chi connectivity index (χ3v) is 14.8. The van der Waals surface area contributed by atoms with Crippen molar-refractivity contribution in [2.45, 2.75) is 0 Å². The highest BCUT2D eigenvalue weighted by molar-refractivity contribution is 7.00. The maximum atomic E-state index is 7.60. The van der Waals surface area contributed by atoms with Gasteiger partial charge in [0.05, 0.1) is 28.1 Å². The molecule has 0 radical (unpaired) electrons. The summed E-state index contributed by atoms with van der Waals surface area (Å²) in [6.45, 7) is -0.180. The monoisotopic (exact) mass is 923 g/mol. The molecule has 5 heteroatoms. The predicted molar refractivity (Wildman–Crippen MR) is 302 cm³/mol. The number of para-hydroxylation sites is 4. The molecule has 71 heavy (non-hydrogen) atoms. The third-order valence-electron chi connectivity index (χ3n) is 14.6. The molecule has 1 aromatic heterocycles. The Labute approximate surface area is 418 Å². The first-order chi connectivity index (χ1) is 35.2. The van der Waals surface area contributed by atoms with Crippen LogP contribution in [0.5, 0.6) is 0 Å². The van der Waals surface area contributed by atoms with E-state index in [9.17, 15) is 0 Å². The summed E-state index contributed by atoms with van der Waals surface area (Å²) in [5, 5.41) is 3.11. The zero-order chi connectivity index (χ0) is 47.0. The summed E-state index contributed by atoms with van der Waals surface area (Å²) in [6, 6.07) is 95.0. The van der Waals surface area contributed by atoms with Gasteiger partial charge in [-0.1, -0.05) is 224 Å². The van der Waals surface area contributed by atoms with Gasteiger partial charge in [-0.3, -0.25) is 0 Å². The number of hydrogen-bond acceptors (Lipinski definition) is 2. The number of fused-ring (bicyclic) bond motifs is 7. The first-order valence-electron chi connectivity index (χ1n) is 24.3. The Bertz CT molecular complexity index is 3970. The summed E-state index contributed by atoms with van der Waals surface area (Å²) >= 11 is 7.60. The average molecular weight is 924 g/mol. The van der Waals surface area contributed by atoms with Crippen LogP contribution < -0.4 is 26.2 Å². The molecular weight excluding hydrogens is 881 g/mol. The summed E-state index contributed by atoms with van der Waals surface area (Å²) in [4.78, 5) is 4.99. The van der Waals surface area contributed by atoms with Crippen molar-refractivity contribution in [3.05, 3.63) is 266 Å². The van der Waals surface area contributed by atoms with Gasteiger partial charge in [0.2, 0.25) is 0 Å². The second-order valence-electron chi connectivity index (χ2n) is 18.5. The fourth-order valence-electron chi connectivity index (χ4n) is 11.6. The fraction of sp³-hybridized carbons (Fsp3) is 0. The van der Waals surface area contributed by atoms with Crippen LogP contribution in [0.4, 0.5) is 34.1 Å². The molecule has 3 nitrogen and oxygen atoms in total. The molecule has 0 saturated heterocycles. The maximum Gasteiger partial charge on any atom is 0.252 e. The quantitative estimate of drug-likeness (QED) is 0.148. The molecule has 11 aromatic carbocycles. The fourth-order valence-corrected chi connectivity index (χ4v) is 11.8. The number of nitrogens with zero attached hydrogens (tertiary/aromatic N) is 3. The number of benzene rings is 11. The Morgan fingerprint density at radius 2 is 0.718 bits per heavy atom. The lowest BCUT2D eigenvalue weighted by molar-refractivity contribution is 1.17. The van der Waals surface area contributed by atoms with Crippen LogP contribution in [0.15, 0.2) is 261 Å². The van der Waals surface area contributed by atoms with E-state index in [-0.39, 0.29) is 6.71 Å². The van der Waals surface area contributed by atoms with Crippen LogP contribution in [0.1, 0.15) is 0 Å². The van der Waals surface area contributed by atoms with Crippen molar-refractivity contribution in [2.24, 2.45) is 0 Å². The highest BCUT2D eigenvalue weighted by Gasteiger charge is 2.45. The number of rotatable bonds is 7. The molecule has 0 amide bonds. The van der Waals surface area contributed by atoms with Gasteiger partial charge in [-0.2, -0.15) is 0 Å². The van der Waals surface area contributed by atoms with Gasteiger partial charge in [-0.05, 0) is 92.7 Å². The van der Waals surface area contributed by atoms with Crippen LogP contribution >= 0.6 is 11.6 Å². The lowest BCUT2D eigenvalue weighted by Crippen LogP contribution is -2.61. The van der Waals surface area contributed by atoms with Crippen molar-refractivity contribution in [2.75, 3.05) is 9.80 Å². The average Bonchev–Trinajstić information content (AvgIpc) is 3.78. The van der Waals surface area contributed by atoms with E-state index >= 15 is 0 Å². The van der Waals surface area contributed by atoms with Crippen molar-refractivity contribution in [3.8, 4) is 50.2 Å². The summed E-state index contributed by atoms with van der Waals surface area (Å²) < 4.78 is 2.48. The summed E-state index contributed by atoms with van der Waals surface area (Å²) in [7, 11) is 0. The van der Waals surface area contributed by atoms with Gasteiger partial charge < -0.3 is 14.4 Å². The van der Waals surface area contributed by atoms with Crippen LogP contribution in [0.2, 0.25) is 5.02 Å². The standard InChI is InChI=1S/C66H43BClN3/c68-49-40-64-66-65(41-49)71(58-34-18-14-30-51(58)46-25-9-3-10-26-46)63-43-62(69-59-35-19-15-31-52(59)53-32-16-20-36-60(53)69)54(47-27-11-4-12-28-47)42-56(63)67(66)55-39-48(44-21-5-1-6-22-44)37-38-61(55)70(64)57-33-17-13-29-50(57)45-23-7-2-8-24-45/h1-43H. The number of hydrogen-bond donors (Lipinski definition) is 0. The molecule has 0 aliphatic carbocycles. The highest BCUT2D eigenvalue weighted by Crippen LogP contribution is 2.50. The zero-order valence-electron chi connectivity index (χ0n) is 38.6. The minimum atomic E-state index is -0.180. The number of anilines is 6. The number of aromatic nitrogens is 1. The second-order valence-corrected chi connectivity index (χ2v) is 19.0. The molecule has 0 unspecified atom stereocenters. The van der Waals surface area contributed by atoms with E-state index in [4.69, 9.17) is 11.6 Å². The molecule has 0 bridgehead atoms. The molecule has 2 aliphatic rings. The zero-order valence-corrected chi connectivity index (χ0v) is 39.4. The normalized spacial score (nSPS) is 12.5. The maximum absolute atomic E-state index is 7.60. The Balaban J connectivity index is 1.14. The molecule has 3 heterocycles. The number of halogens is 1.